The highest BCUT2D eigenvalue weighted by molar-refractivity contribution is 6.12. The van der Waals surface area contributed by atoms with Crippen LogP contribution in [0.15, 0.2) is 133 Å². The van der Waals surface area contributed by atoms with Crippen LogP contribution < -0.4 is 4.74 Å². The molecule has 70 heavy (non-hydrogen) atoms. The van der Waals surface area contributed by atoms with Gasteiger partial charge in [-0.3, -0.25) is 0 Å². The Morgan fingerprint density at radius 2 is 0.943 bits per heavy atom. The highest BCUT2D eigenvalue weighted by Gasteiger charge is 2.38. The van der Waals surface area contributed by atoms with E-state index in [0.29, 0.717) is 48.5 Å². The number of fused-ring (bicyclic) bond motifs is 7. The van der Waals surface area contributed by atoms with E-state index in [0.717, 1.165) is 149 Å². The number of rotatable bonds is 19. The van der Waals surface area contributed by atoms with E-state index >= 15 is 17.6 Å². The van der Waals surface area contributed by atoms with Crippen LogP contribution >= 0.6 is 0 Å². The minimum atomic E-state index is -1.53. The predicted octanol–water partition coefficient (Wildman–Crippen LogP) is 16.9. The van der Waals surface area contributed by atoms with Gasteiger partial charge < -0.3 is 14.0 Å². The van der Waals surface area contributed by atoms with Crippen molar-refractivity contribution in [1.82, 2.24) is 0 Å². The Hall–Kier alpha value is -6.42. The molecule has 360 valence electrons. The summed E-state index contributed by atoms with van der Waals surface area (Å²) in [7, 11) is 0. The fraction of sp³-hybridized carbons (Fsp3) is 0.279. The summed E-state index contributed by atoms with van der Waals surface area (Å²) >= 11 is 0. The van der Waals surface area contributed by atoms with Crippen LogP contribution in [0.3, 0.4) is 0 Å². The molecule has 0 atom stereocenters. The van der Waals surface area contributed by atoms with Crippen molar-refractivity contribution in [2.75, 3.05) is 19.7 Å². The first-order valence-corrected chi connectivity index (χ1v) is 24.6. The Morgan fingerprint density at radius 3 is 1.46 bits per heavy atom. The first kappa shape index (κ1) is 48.6. The maximum Gasteiger partial charge on any atom is 0.194 e. The predicted molar refractivity (Wildman–Crippen MR) is 269 cm³/mol. The molecule has 0 N–H and O–H groups in total. The van der Waals surface area contributed by atoms with Crippen molar-refractivity contribution in [1.29, 1.82) is 0 Å². The van der Waals surface area contributed by atoms with Crippen molar-refractivity contribution >= 4 is 21.5 Å². The molecule has 0 saturated carbocycles. The first-order chi connectivity index (χ1) is 34.0. The normalized spacial score (nSPS) is 13.1. The summed E-state index contributed by atoms with van der Waals surface area (Å²) in [6.45, 7) is 8.26. The van der Waals surface area contributed by atoms with E-state index in [2.05, 4.69) is 38.1 Å². The lowest BCUT2D eigenvalue weighted by Gasteiger charge is -2.39. The number of hydrogen-bond donors (Lipinski definition) is 0. The third-order valence-corrected chi connectivity index (χ3v) is 14.0. The Morgan fingerprint density at radius 1 is 0.486 bits per heavy atom. The van der Waals surface area contributed by atoms with Crippen LogP contribution in [0.4, 0.5) is 26.3 Å². The van der Waals surface area contributed by atoms with Crippen molar-refractivity contribution in [2.45, 2.75) is 91.5 Å². The minimum Gasteiger partial charge on any atom is -0.489 e. The van der Waals surface area contributed by atoms with Crippen LogP contribution in [0.5, 0.6) is 5.75 Å². The fourth-order valence-electron chi connectivity index (χ4n) is 10.4. The molecule has 0 aliphatic carbocycles. The van der Waals surface area contributed by atoms with Gasteiger partial charge in [0.15, 0.2) is 34.9 Å². The van der Waals surface area contributed by atoms with E-state index in [1.54, 1.807) is 0 Å². The van der Waals surface area contributed by atoms with Crippen molar-refractivity contribution in [3.8, 4) is 39.1 Å². The molecular formula is C61H58F6NO2+. The molecule has 1 heterocycles. The number of unbranched alkanes of at least 4 members (excludes halogenated alkanes) is 6. The van der Waals surface area contributed by atoms with Crippen LogP contribution in [0, 0.1) is 41.8 Å². The second-order valence-corrected chi connectivity index (χ2v) is 19.1. The third kappa shape index (κ3) is 10.7. The molecular weight excluding hydrogens is 893 g/mol. The van der Waals surface area contributed by atoms with Gasteiger partial charge in [-0.15, -0.1) is 0 Å². The van der Waals surface area contributed by atoms with Crippen molar-refractivity contribution in [3.05, 3.63) is 196 Å². The minimum absolute atomic E-state index is 0.219. The van der Waals surface area contributed by atoms with Gasteiger partial charge in [0.25, 0.3) is 0 Å². The zero-order valence-corrected chi connectivity index (χ0v) is 39.8. The fourth-order valence-corrected chi connectivity index (χ4v) is 10.4. The number of quaternary nitrogens is 1. The van der Waals surface area contributed by atoms with E-state index in [4.69, 9.17) is 9.47 Å². The van der Waals surface area contributed by atoms with Crippen molar-refractivity contribution < 1.29 is 40.3 Å². The summed E-state index contributed by atoms with van der Waals surface area (Å²) in [5.41, 5.74) is 8.43. The Balaban J connectivity index is 1.05. The summed E-state index contributed by atoms with van der Waals surface area (Å²) in [5, 5.41) is 3.42. The van der Waals surface area contributed by atoms with Gasteiger partial charge in [-0.25, -0.2) is 26.3 Å². The molecule has 1 aliphatic heterocycles. The highest BCUT2D eigenvalue weighted by Crippen LogP contribution is 2.50. The van der Waals surface area contributed by atoms with Gasteiger partial charge >= 0.3 is 0 Å². The lowest BCUT2D eigenvalue weighted by molar-refractivity contribution is -0.953. The number of halogens is 6. The second kappa shape index (κ2) is 21.7. The number of hydrogen-bond acceptors (Lipinski definition) is 2. The highest BCUT2D eigenvalue weighted by atomic mass is 19.2. The quantitative estimate of drug-likeness (QED) is 0.0348. The van der Waals surface area contributed by atoms with E-state index in [9.17, 15) is 8.78 Å². The molecule has 3 nitrogen and oxygen atoms in total. The zero-order valence-electron chi connectivity index (χ0n) is 39.8. The second-order valence-electron chi connectivity index (χ2n) is 19.1. The molecule has 0 fully saturated rings. The topological polar surface area (TPSA) is 18.5 Å². The molecule has 8 aromatic rings. The lowest BCUT2D eigenvalue weighted by atomic mass is 9.82. The number of benzene rings is 8. The Kier molecular flexibility index (Phi) is 15.1. The van der Waals surface area contributed by atoms with Crippen LogP contribution in [0.2, 0.25) is 0 Å². The molecule has 0 saturated heterocycles. The summed E-state index contributed by atoms with van der Waals surface area (Å²) in [6.07, 6.45) is 7.56. The van der Waals surface area contributed by atoms with E-state index < -0.39 is 34.9 Å². The van der Waals surface area contributed by atoms with E-state index in [-0.39, 0.29) is 11.1 Å². The molecule has 0 spiro atoms. The van der Waals surface area contributed by atoms with Crippen LogP contribution in [0.25, 0.3) is 54.9 Å². The Bertz CT molecular complexity index is 2940. The molecule has 0 amide bonds. The van der Waals surface area contributed by atoms with Gasteiger partial charge in [0.2, 0.25) is 0 Å². The summed E-state index contributed by atoms with van der Waals surface area (Å²) < 4.78 is 103. The number of aryl methyl sites for hydroxylation is 1. The lowest BCUT2D eigenvalue weighted by Crippen LogP contribution is -2.47. The number of nitrogens with zero attached hydrogens (tertiary/aromatic N) is 1. The molecule has 0 unspecified atom stereocenters. The molecule has 1 aliphatic rings. The number of ether oxygens (including phenoxy) is 2. The van der Waals surface area contributed by atoms with Crippen LogP contribution in [-0.4, -0.2) is 24.2 Å². The smallest absolute Gasteiger partial charge is 0.194 e. The first-order valence-electron chi connectivity index (χ1n) is 24.6. The van der Waals surface area contributed by atoms with Crippen LogP contribution in [-0.2, 0) is 31.0 Å². The average molecular weight is 951 g/mol. The molecule has 0 aromatic heterocycles. The molecule has 8 aromatic carbocycles. The van der Waals surface area contributed by atoms with Gasteiger partial charge in [0.1, 0.15) is 25.4 Å². The summed E-state index contributed by atoms with van der Waals surface area (Å²) in [4.78, 5) is 0. The maximum absolute atomic E-state index is 15.3. The van der Waals surface area contributed by atoms with Gasteiger partial charge in [-0.1, -0.05) is 117 Å². The Labute approximate surface area is 406 Å². The third-order valence-electron chi connectivity index (χ3n) is 14.0. The average Bonchev–Trinajstić information content (AvgIpc) is 3.52. The van der Waals surface area contributed by atoms with Gasteiger partial charge in [-0.2, -0.15) is 0 Å². The van der Waals surface area contributed by atoms with E-state index in [1.165, 1.54) is 5.56 Å². The van der Waals surface area contributed by atoms with Crippen LogP contribution in [0.1, 0.15) is 86.1 Å². The van der Waals surface area contributed by atoms with E-state index in [1.807, 2.05) is 84.9 Å². The zero-order chi connectivity index (χ0) is 48.8. The summed E-state index contributed by atoms with van der Waals surface area (Å²) in [5.74, 6) is -7.37. The SMILES string of the molecule is CCCCCC[N+]1(CCCCCCOCc2ccc(OCc3ccc(C)cc3)cc2)Cc2c(-c3cc(F)c(F)c(F)c3)cc3ccccc3c2-c2c(c(-c3cc(F)c(F)c(F)c3)cc3ccccc23)C1. The maximum atomic E-state index is 15.3. The van der Waals surface area contributed by atoms with Gasteiger partial charge in [0.05, 0.1) is 19.7 Å². The van der Waals surface area contributed by atoms with Crippen molar-refractivity contribution in [2.24, 2.45) is 0 Å². The molecule has 9 heteroatoms. The molecule has 9 rings (SSSR count). The summed E-state index contributed by atoms with van der Waals surface area (Å²) in [6, 6.07) is 40.2. The molecule has 0 bridgehead atoms. The largest absolute Gasteiger partial charge is 0.489 e. The molecule has 0 radical (unpaired) electrons. The van der Waals surface area contributed by atoms with Crippen molar-refractivity contribution in [3.63, 3.8) is 0 Å². The standard InChI is InChI=1S/C61H58F6NO2/c1-3-4-5-12-27-68(28-13-6-7-14-29-69-38-41-23-25-47(26-24-41)70-39-42-21-19-40(2)20-22-42)36-52-50(45-32-54(62)60(66)55(63)33-45)30-43-15-8-10-17-48(43)58(52)59-49-18-11-9-16-44(49)31-51(53(59)37-68)46-34-56(64)61(67)57(65)35-46/h8-11,15-26,30-35H,3-7,12-14,27-29,36-39H2,1-2H3/q+1. The van der Waals surface area contributed by atoms with Gasteiger partial charge in [-0.05, 0) is 142 Å². The van der Waals surface area contributed by atoms with Gasteiger partial charge in [0, 0.05) is 28.9 Å². The monoisotopic (exact) mass is 950 g/mol.